The highest BCUT2D eigenvalue weighted by atomic mass is 28.4. The number of hydrogen-bond donors (Lipinski definition) is 3. The Bertz CT molecular complexity index is 2640. The summed E-state index contributed by atoms with van der Waals surface area (Å²) < 4.78 is 7.02. The van der Waals surface area contributed by atoms with E-state index in [1.54, 1.807) is 0 Å². The molecule has 0 aromatic heterocycles. The first kappa shape index (κ1) is 54.4. The smallest absolute Gasteiger partial charge is 0.315 e. The van der Waals surface area contributed by atoms with Gasteiger partial charge in [0.05, 0.1) is 6.04 Å². The van der Waals surface area contributed by atoms with E-state index in [2.05, 4.69) is 69.6 Å². The summed E-state index contributed by atoms with van der Waals surface area (Å²) in [6.07, 6.45) is 0.962. The van der Waals surface area contributed by atoms with Gasteiger partial charge in [-0.2, -0.15) is 0 Å². The van der Waals surface area contributed by atoms with Crippen LogP contribution in [0.2, 0.25) is 11.1 Å². The minimum atomic E-state index is -3.09. The Morgan fingerprint density at radius 2 is 0.778 bits per heavy atom. The average Bonchev–Trinajstić information content (AvgIpc) is 3.38. The first-order valence-electron chi connectivity index (χ1n) is 25.5. The van der Waals surface area contributed by atoms with Gasteiger partial charge in [0, 0.05) is 36.1 Å². The fraction of sp³-hybridized carbons (Fsp3) is 0.339. The van der Waals surface area contributed by atoms with Crippen molar-refractivity contribution in [2.24, 2.45) is 11.8 Å². The van der Waals surface area contributed by atoms with E-state index in [0.717, 1.165) is 33.4 Å². The van der Waals surface area contributed by atoms with Crippen LogP contribution >= 0.6 is 0 Å². The van der Waals surface area contributed by atoms with Gasteiger partial charge in [-0.3, -0.25) is 24.0 Å². The molecule has 5 atom stereocenters. The summed E-state index contributed by atoms with van der Waals surface area (Å²) in [5.74, 6) is -3.50. The minimum Gasteiger partial charge on any atom is -0.516 e. The number of benzene rings is 6. The zero-order valence-corrected chi connectivity index (χ0v) is 44.1. The first-order valence-corrected chi connectivity index (χ1v) is 27.6. The number of rotatable bonds is 25. The minimum absolute atomic E-state index is 0.0169. The van der Waals surface area contributed by atoms with Crippen molar-refractivity contribution >= 4 is 37.8 Å². The van der Waals surface area contributed by atoms with Crippen molar-refractivity contribution in [1.82, 2.24) is 16.0 Å². The van der Waals surface area contributed by atoms with Crippen molar-refractivity contribution in [3.63, 3.8) is 0 Å². The highest BCUT2D eigenvalue weighted by molar-refractivity contribution is 6.80. The van der Waals surface area contributed by atoms with Crippen LogP contribution in [0.25, 0.3) is 0 Å². The van der Waals surface area contributed by atoms with Crippen LogP contribution < -0.4 is 16.0 Å². The lowest BCUT2D eigenvalue weighted by Gasteiger charge is -2.49. The third kappa shape index (κ3) is 14.6. The van der Waals surface area contributed by atoms with Crippen molar-refractivity contribution in [1.29, 1.82) is 0 Å². The summed E-state index contributed by atoms with van der Waals surface area (Å²) in [6.45, 7) is 14.7. The van der Waals surface area contributed by atoms with Crippen LogP contribution in [0.15, 0.2) is 182 Å². The Morgan fingerprint density at radius 3 is 1.21 bits per heavy atom. The zero-order valence-electron chi connectivity index (χ0n) is 43.1. The van der Waals surface area contributed by atoms with E-state index < -0.39 is 61.1 Å². The quantitative estimate of drug-likeness (QED) is 0.0490. The van der Waals surface area contributed by atoms with Gasteiger partial charge in [0.15, 0.2) is 5.78 Å². The first-order chi connectivity index (χ1) is 34.6. The fourth-order valence-electron chi connectivity index (χ4n) is 10.5. The Labute approximate surface area is 428 Å². The second-order valence-corrected chi connectivity index (χ2v) is 25.8. The molecule has 0 spiro atoms. The number of carbonyl (C=O) groups excluding carboxylic acids is 5. The van der Waals surface area contributed by atoms with Gasteiger partial charge in [-0.05, 0) is 63.7 Å². The van der Waals surface area contributed by atoms with Crippen LogP contribution in [0.3, 0.4) is 0 Å². The average molecular weight is 984 g/mol. The predicted octanol–water partition coefficient (Wildman–Crippen LogP) is 10.7. The second kappa shape index (κ2) is 26.0. The van der Waals surface area contributed by atoms with Gasteiger partial charge in [0.2, 0.25) is 17.7 Å². The van der Waals surface area contributed by atoms with Gasteiger partial charge in [-0.1, -0.05) is 230 Å². The number of amides is 3. The van der Waals surface area contributed by atoms with Gasteiger partial charge in [-0.25, -0.2) is 0 Å². The summed E-state index contributed by atoms with van der Waals surface area (Å²) >= 11 is 0. The molecule has 0 radical (unpaired) electrons. The predicted molar refractivity (Wildman–Crippen MR) is 290 cm³/mol. The molecule has 0 fully saturated rings. The summed E-state index contributed by atoms with van der Waals surface area (Å²) in [5.41, 5.74) is 5.45. The summed E-state index contributed by atoms with van der Waals surface area (Å²) in [6, 6.07) is 54.7. The molecule has 6 aromatic carbocycles. The van der Waals surface area contributed by atoms with Crippen LogP contribution in [0.1, 0.15) is 88.3 Å². The molecule has 3 amide bonds. The fourth-order valence-corrected chi connectivity index (χ4v) is 16.5. The van der Waals surface area contributed by atoms with E-state index in [1.165, 1.54) is 0 Å². The van der Waals surface area contributed by atoms with Crippen LogP contribution in [0.5, 0.6) is 0 Å². The van der Waals surface area contributed by atoms with E-state index >= 15 is 14.4 Å². The molecule has 0 unspecified atom stereocenters. The van der Waals surface area contributed by atoms with Gasteiger partial charge in [-0.15, -0.1) is 0 Å². The van der Waals surface area contributed by atoms with Crippen LogP contribution in [0, 0.1) is 11.8 Å². The molecule has 9 nitrogen and oxygen atoms in total. The molecular formula is C62H73N3O6Si. The molecule has 0 saturated heterocycles. The number of Topliss-reactive ketones (excluding diaryl/α,β-unsaturated/α-hetero) is 1. The highest BCUT2D eigenvalue weighted by Gasteiger charge is 2.58. The number of carbonyl (C=O) groups is 5. The topological polar surface area (TPSA) is 131 Å². The Balaban J connectivity index is 1.31. The number of ketones is 1. The van der Waals surface area contributed by atoms with Gasteiger partial charge < -0.3 is 20.4 Å². The summed E-state index contributed by atoms with van der Waals surface area (Å²) in [7, 11) is -3.09. The molecule has 0 bridgehead atoms. The molecule has 3 N–H and O–H groups in total. The maximum Gasteiger partial charge on any atom is 0.315 e. The van der Waals surface area contributed by atoms with Crippen molar-refractivity contribution in [3.8, 4) is 0 Å². The Morgan fingerprint density at radius 1 is 0.431 bits per heavy atom. The Kier molecular flexibility index (Phi) is 19.6. The largest absolute Gasteiger partial charge is 0.516 e. The molecular weight excluding hydrogens is 911 g/mol. The van der Waals surface area contributed by atoms with Crippen molar-refractivity contribution in [3.05, 3.63) is 215 Å². The number of nitrogens with one attached hydrogen (secondary N) is 3. The molecule has 10 heteroatoms. The summed E-state index contributed by atoms with van der Waals surface area (Å²) in [5, 5.41) is 8.69. The van der Waals surface area contributed by atoms with Crippen molar-refractivity contribution in [2.45, 2.75) is 121 Å². The highest BCUT2D eigenvalue weighted by Crippen LogP contribution is 2.48. The maximum atomic E-state index is 15.1. The lowest BCUT2D eigenvalue weighted by molar-refractivity contribution is -0.141. The van der Waals surface area contributed by atoms with Crippen LogP contribution in [-0.4, -0.2) is 55.9 Å². The molecule has 0 heterocycles. The van der Waals surface area contributed by atoms with E-state index in [0.29, 0.717) is 6.42 Å². The second-order valence-electron chi connectivity index (χ2n) is 20.4. The van der Waals surface area contributed by atoms with Crippen molar-refractivity contribution in [2.75, 3.05) is 0 Å². The van der Waals surface area contributed by atoms with Gasteiger partial charge in [0.25, 0.3) is 8.32 Å². The molecule has 6 aromatic rings. The van der Waals surface area contributed by atoms with Crippen LogP contribution in [-0.2, 0) is 65.5 Å². The van der Waals surface area contributed by atoms with Gasteiger partial charge in [0.1, 0.15) is 12.1 Å². The maximum absolute atomic E-state index is 15.1. The van der Waals surface area contributed by atoms with E-state index in [9.17, 15) is 9.59 Å². The SMILES string of the molecule is CC(C)[Si](OC(=O)[C@H](Cc1ccccc1)NC(=O)[C@@H](CC(=O)[C@H](Cc1ccccc1)NC(=O)[C@H](Cc1ccccc1)NC(=O)[C@@H](C)Cc1ccccc1)Cc1ccccc1)(C(C)C)C(C)(C)c1ccccc1. The Hall–Kier alpha value is -6.91. The van der Waals surface area contributed by atoms with Crippen molar-refractivity contribution < 1.29 is 28.4 Å². The normalized spacial score (nSPS) is 13.8. The molecule has 6 rings (SSSR count). The zero-order chi connectivity index (χ0) is 51.7. The lowest BCUT2D eigenvalue weighted by Crippen LogP contribution is -2.62. The molecule has 0 aliphatic rings. The van der Waals surface area contributed by atoms with Crippen LogP contribution in [0.4, 0.5) is 0 Å². The van der Waals surface area contributed by atoms with E-state index in [4.69, 9.17) is 4.43 Å². The standard InChI is InChI=1S/C62H73N3O6Si/c1-44(2)72(45(3)4,62(6,7)53-36-24-13-25-37-53)71-61(70)56(42-51-34-22-12-23-35-51)65-59(68)52(39-48-28-16-9-17-29-48)43-57(66)54(40-49-30-18-10-19-31-49)63-60(69)55(41-50-32-20-11-21-33-50)64-58(67)46(5)38-47-26-14-8-15-27-47/h8-37,44-46,52,54-56H,38-43H2,1-7H3,(H,63,69)(H,64,67)(H,65,68)/t46-,52+,54-,55-,56-/m0/s1. The third-order valence-corrected chi connectivity index (χ3v) is 20.4. The third-order valence-electron chi connectivity index (χ3n) is 14.2. The molecule has 376 valence electrons. The molecule has 0 aliphatic heterocycles. The monoisotopic (exact) mass is 984 g/mol. The van der Waals surface area contributed by atoms with E-state index in [-0.39, 0.29) is 54.9 Å². The lowest BCUT2D eigenvalue weighted by atomic mass is 9.89. The van der Waals surface area contributed by atoms with E-state index in [1.807, 2.05) is 177 Å². The molecule has 0 saturated carbocycles. The molecule has 0 aliphatic carbocycles. The summed E-state index contributed by atoms with van der Waals surface area (Å²) in [4.78, 5) is 73.7. The number of hydrogen-bond acceptors (Lipinski definition) is 6. The van der Waals surface area contributed by atoms with Gasteiger partial charge >= 0.3 is 5.97 Å². The molecule has 72 heavy (non-hydrogen) atoms.